The van der Waals surface area contributed by atoms with Crippen LogP contribution >= 0.6 is 23.4 Å². The van der Waals surface area contributed by atoms with E-state index in [0.717, 1.165) is 5.75 Å². The summed E-state index contributed by atoms with van der Waals surface area (Å²) in [7, 11) is 3.75. The maximum Gasteiger partial charge on any atom is 0.230 e. The second-order valence-corrected chi connectivity index (χ2v) is 5.58. The summed E-state index contributed by atoms with van der Waals surface area (Å²) >= 11 is 7.46. The van der Waals surface area contributed by atoms with Crippen LogP contribution < -0.4 is 4.90 Å². The fraction of sp³-hybridized carbons (Fsp3) is 0.308. The van der Waals surface area contributed by atoms with Crippen LogP contribution in [0.4, 0.5) is 5.95 Å². The lowest BCUT2D eigenvalue weighted by Gasteiger charge is -2.11. The highest BCUT2D eigenvalue weighted by Crippen LogP contribution is 2.23. The summed E-state index contributed by atoms with van der Waals surface area (Å²) in [5, 5.41) is 0.873. The van der Waals surface area contributed by atoms with Gasteiger partial charge in [-0.25, -0.2) is 0 Å². The van der Waals surface area contributed by atoms with Crippen molar-refractivity contribution in [2.75, 3.05) is 19.0 Å². The maximum absolute atomic E-state index is 5.90. The molecule has 0 fully saturated rings. The van der Waals surface area contributed by atoms with Crippen LogP contribution in [0, 0.1) is 6.92 Å². The van der Waals surface area contributed by atoms with Gasteiger partial charge in [0, 0.05) is 19.8 Å². The van der Waals surface area contributed by atoms with Gasteiger partial charge in [-0.15, -0.1) is 0 Å². The van der Waals surface area contributed by atoms with Gasteiger partial charge in [0.2, 0.25) is 11.2 Å². The number of aromatic nitrogens is 3. The quantitative estimate of drug-likeness (QED) is 0.810. The van der Waals surface area contributed by atoms with E-state index in [-0.39, 0.29) is 5.28 Å². The number of hydrogen-bond donors (Lipinski definition) is 0. The van der Waals surface area contributed by atoms with Gasteiger partial charge < -0.3 is 4.90 Å². The minimum Gasteiger partial charge on any atom is -0.347 e. The van der Waals surface area contributed by atoms with Crippen LogP contribution in [0.15, 0.2) is 29.4 Å². The standard InChI is InChI=1S/C13H15ClN4S/c1-9-6-4-5-7-10(9)8-19-13-16-11(14)15-12(17-13)18(2)3/h4-7H,8H2,1-3H3. The monoisotopic (exact) mass is 294 g/mol. The molecule has 2 aromatic rings. The molecule has 0 amide bonds. The molecule has 0 spiro atoms. The Hall–Kier alpha value is -1.33. The molecule has 0 radical (unpaired) electrons. The first-order valence-electron chi connectivity index (χ1n) is 5.82. The van der Waals surface area contributed by atoms with Crippen molar-refractivity contribution in [2.24, 2.45) is 0 Å². The summed E-state index contributed by atoms with van der Waals surface area (Å²) in [4.78, 5) is 14.4. The highest BCUT2D eigenvalue weighted by Gasteiger charge is 2.08. The minimum atomic E-state index is 0.228. The molecule has 0 N–H and O–H groups in total. The van der Waals surface area contributed by atoms with E-state index in [1.165, 1.54) is 11.1 Å². The third kappa shape index (κ3) is 3.81. The number of hydrogen-bond acceptors (Lipinski definition) is 5. The molecule has 1 heterocycles. The summed E-state index contributed by atoms with van der Waals surface area (Å²) in [5.41, 5.74) is 2.54. The molecule has 1 aromatic heterocycles. The van der Waals surface area contributed by atoms with Gasteiger partial charge in [-0.3, -0.25) is 0 Å². The Morgan fingerprint density at radius 1 is 1.16 bits per heavy atom. The van der Waals surface area contributed by atoms with Crippen molar-refractivity contribution in [3.63, 3.8) is 0 Å². The smallest absolute Gasteiger partial charge is 0.230 e. The number of benzene rings is 1. The van der Waals surface area contributed by atoms with Gasteiger partial charge >= 0.3 is 0 Å². The van der Waals surface area contributed by atoms with E-state index < -0.39 is 0 Å². The molecule has 0 aliphatic heterocycles. The predicted molar refractivity (Wildman–Crippen MR) is 79.9 cm³/mol. The molecule has 6 heteroatoms. The molecule has 2 rings (SSSR count). The fourth-order valence-corrected chi connectivity index (χ4v) is 2.61. The first-order valence-corrected chi connectivity index (χ1v) is 7.19. The van der Waals surface area contributed by atoms with Gasteiger partial charge in [-0.05, 0) is 29.7 Å². The number of thioether (sulfide) groups is 1. The molecule has 19 heavy (non-hydrogen) atoms. The lowest BCUT2D eigenvalue weighted by atomic mass is 10.1. The first-order chi connectivity index (χ1) is 9.06. The SMILES string of the molecule is Cc1ccccc1CSc1nc(Cl)nc(N(C)C)n1. The lowest BCUT2D eigenvalue weighted by molar-refractivity contribution is 0.865. The first kappa shape index (κ1) is 14.1. The molecular formula is C13H15ClN4S. The van der Waals surface area contributed by atoms with Gasteiger partial charge in [0.05, 0.1) is 0 Å². The molecule has 0 saturated heterocycles. The molecule has 1 aromatic carbocycles. The Bertz CT molecular complexity index is 574. The zero-order valence-electron chi connectivity index (χ0n) is 11.1. The van der Waals surface area contributed by atoms with Crippen LogP contribution in [0.5, 0.6) is 0 Å². The average molecular weight is 295 g/mol. The third-order valence-electron chi connectivity index (χ3n) is 2.59. The third-order valence-corrected chi connectivity index (χ3v) is 3.66. The number of nitrogens with zero attached hydrogens (tertiary/aromatic N) is 4. The van der Waals surface area contributed by atoms with Crippen LogP contribution in [0.25, 0.3) is 0 Å². The minimum absolute atomic E-state index is 0.228. The molecule has 0 saturated carbocycles. The van der Waals surface area contributed by atoms with Crippen LogP contribution in [0.2, 0.25) is 5.28 Å². The predicted octanol–water partition coefficient (Wildman–Crippen LogP) is 3.19. The van der Waals surface area contributed by atoms with E-state index in [1.54, 1.807) is 11.8 Å². The zero-order valence-corrected chi connectivity index (χ0v) is 12.7. The Kier molecular flexibility index (Phi) is 4.61. The van der Waals surface area contributed by atoms with Gasteiger partial charge in [-0.1, -0.05) is 36.0 Å². The summed E-state index contributed by atoms with van der Waals surface area (Å²) in [6.45, 7) is 2.10. The molecular weight excluding hydrogens is 280 g/mol. The van der Waals surface area contributed by atoms with Crippen molar-refractivity contribution in [3.05, 3.63) is 40.7 Å². The van der Waals surface area contributed by atoms with E-state index >= 15 is 0 Å². The highest BCUT2D eigenvalue weighted by molar-refractivity contribution is 7.98. The summed E-state index contributed by atoms with van der Waals surface area (Å²) in [6.07, 6.45) is 0. The number of anilines is 1. The second-order valence-electron chi connectivity index (χ2n) is 4.30. The number of aryl methyl sites for hydroxylation is 1. The summed E-state index contributed by atoms with van der Waals surface area (Å²) in [6, 6.07) is 8.28. The molecule has 0 bridgehead atoms. The molecule has 0 atom stereocenters. The van der Waals surface area contributed by atoms with E-state index in [1.807, 2.05) is 31.1 Å². The Morgan fingerprint density at radius 3 is 2.58 bits per heavy atom. The number of rotatable bonds is 4. The zero-order chi connectivity index (χ0) is 13.8. The molecule has 0 aliphatic rings. The molecule has 0 unspecified atom stereocenters. The highest BCUT2D eigenvalue weighted by atomic mass is 35.5. The van der Waals surface area contributed by atoms with Crippen LogP contribution in [-0.4, -0.2) is 29.0 Å². The van der Waals surface area contributed by atoms with E-state index in [9.17, 15) is 0 Å². The average Bonchev–Trinajstić information content (AvgIpc) is 2.37. The van der Waals surface area contributed by atoms with Crippen LogP contribution in [0.1, 0.15) is 11.1 Å². The van der Waals surface area contributed by atoms with Crippen molar-refractivity contribution >= 4 is 29.3 Å². The topological polar surface area (TPSA) is 41.9 Å². The van der Waals surface area contributed by atoms with Crippen molar-refractivity contribution in [2.45, 2.75) is 17.8 Å². The summed E-state index contributed by atoms with van der Waals surface area (Å²) in [5.74, 6) is 1.40. The van der Waals surface area contributed by atoms with E-state index in [0.29, 0.717) is 11.1 Å². The number of halogens is 1. The van der Waals surface area contributed by atoms with Crippen molar-refractivity contribution < 1.29 is 0 Å². The van der Waals surface area contributed by atoms with Gasteiger partial charge in [0.25, 0.3) is 0 Å². The largest absolute Gasteiger partial charge is 0.347 e. The van der Waals surface area contributed by atoms with Gasteiger partial charge in [0.1, 0.15) is 0 Å². The van der Waals surface area contributed by atoms with E-state index in [2.05, 4.69) is 34.0 Å². The molecule has 0 aliphatic carbocycles. The summed E-state index contributed by atoms with van der Waals surface area (Å²) < 4.78 is 0. The fourth-order valence-electron chi connectivity index (χ4n) is 1.50. The van der Waals surface area contributed by atoms with Crippen LogP contribution in [-0.2, 0) is 5.75 Å². The molecule has 100 valence electrons. The van der Waals surface area contributed by atoms with Crippen molar-refractivity contribution in [1.82, 2.24) is 15.0 Å². The lowest BCUT2D eigenvalue weighted by Crippen LogP contribution is -2.13. The Balaban J connectivity index is 2.14. The Morgan fingerprint density at radius 2 is 1.89 bits per heavy atom. The molecule has 4 nitrogen and oxygen atoms in total. The second kappa shape index (κ2) is 6.21. The normalized spacial score (nSPS) is 10.5. The van der Waals surface area contributed by atoms with Crippen molar-refractivity contribution in [1.29, 1.82) is 0 Å². The Labute approximate surface area is 122 Å². The maximum atomic E-state index is 5.90. The van der Waals surface area contributed by atoms with Crippen molar-refractivity contribution in [3.8, 4) is 0 Å². The van der Waals surface area contributed by atoms with Gasteiger partial charge in [0.15, 0.2) is 5.16 Å². The van der Waals surface area contributed by atoms with Gasteiger partial charge in [-0.2, -0.15) is 15.0 Å². The van der Waals surface area contributed by atoms with Crippen LogP contribution in [0.3, 0.4) is 0 Å². The van der Waals surface area contributed by atoms with E-state index in [4.69, 9.17) is 11.6 Å².